The van der Waals surface area contributed by atoms with Crippen LogP contribution in [0.4, 0.5) is 5.69 Å². The van der Waals surface area contributed by atoms with Gasteiger partial charge in [0.15, 0.2) is 6.79 Å². The second-order valence-electron chi connectivity index (χ2n) is 8.51. The summed E-state index contributed by atoms with van der Waals surface area (Å²) >= 11 is 0. The Balaban J connectivity index is 1.28. The first kappa shape index (κ1) is 23.3. The maximum atomic E-state index is 13.2. The van der Waals surface area contributed by atoms with Gasteiger partial charge in [0.05, 0.1) is 0 Å². The van der Waals surface area contributed by atoms with Crippen LogP contribution in [-0.2, 0) is 29.2 Å². The highest BCUT2D eigenvalue weighted by Crippen LogP contribution is 2.29. The molecule has 1 aromatic heterocycles. The first-order valence-corrected chi connectivity index (χ1v) is 11.6. The molecule has 5 rings (SSSR count). The highest BCUT2D eigenvalue weighted by atomic mass is 16.7. The van der Waals surface area contributed by atoms with Crippen molar-refractivity contribution in [2.45, 2.75) is 19.6 Å². The molecule has 182 valence electrons. The minimum Gasteiger partial charge on any atom is -0.468 e. The van der Waals surface area contributed by atoms with Crippen LogP contribution in [0.1, 0.15) is 21.5 Å². The van der Waals surface area contributed by atoms with Gasteiger partial charge >= 0.3 is 0 Å². The Kier molecular flexibility index (Phi) is 6.77. The minimum absolute atomic E-state index is 0.00746. The minimum atomic E-state index is -0.199. The fourth-order valence-corrected chi connectivity index (χ4v) is 4.27. The fraction of sp³-hybridized carbons (Fsp3) is 0.179. The molecule has 2 amide bonds. The van der Waals surface area contributed by atoms with Gasteiger partial charge in [-0.15, -0.1) is 0 Å². The number of anilines is 1. The van der Waals surface area contributed by atoms with E-state index in [0.29, 0.717) is 30.1 Å². The molecule has 1 aliphatic heterocycles. The Morgan fingerprint density at radius 1 is 0.972 bits per heavy atom. The average Bonchev–Trinajstić information content (AvgIpc) is 3.57. The fourth-order valence-electron chi connectivity index (χ4n) is 4.27. The van der Waals surface area contributed by atoms with Gasteiger partial charge in [-0.05, 0) is 58.7 Å². The number of methoxy groups -OCH3 is 1. The Bertz CT molecular complexity index is 1370. The lowest BCUT2D eigenvalue weighted by Crippen LogP contribution is -2.29. The van der Waals surface area contributed by atoms with Gasteiger partial charge in [-0.25, -0.2) is 0 Å². The van der Waals surface area contributed by atoms with Crippen molar-refractivity contribution in [3.05, 3.63) is 102 Å². The summed E-state index contributed by atoms with van der Waals surface area (Å²) < 4.78 is 12.0. The van der Waals surface area contributed by atoms with Crippen LogP contribution < -0.4 is 10.1 Å². The number of nitrogens with one attached hydrogen (secondary N) is 1. The lowest BCUT2D eigenvalue weighted by Gasteiger charge is -2.15. The number of rotatable bonds is 8. The molecule has 0 aliphatic carbocycles. The van der Waals surface area contributed by atoms with E-state index in [9.17, 15) is 9.59 Å². The summed E-state index contributed by atoms with van der Waals surface area (Å²) in [6.07, 6.45) is 3.43. The smallest absolute Gasteiger partial charge is 0.256 e. The number of hydrogen-bond donors (Lipinski definition) is 1. The van der Waals surface area contributed by atoms with E-state index >= 15 is 0 Å². The molecular weight excluding hydrogens is 456 g/mol. The van der Waals surface area contributed by atoms with Gasteiger partial charge in [0.25, 0.3) is 5.91 Å². The molecule has 0 bridgehead atoms. The number of amides is 2. The van der Waals surface area contributed by atoms with Gasteiger partial charge in [-0.2, -0.15) is 5.10 Å². The second kappa shape index (κ2) is 10.5. The van der Waals surface area contributed by atoms with E-state index < -0.39 is 0 Å². The Morgan fingerprint density at radius 2 is 1.78 bits per heavy atom. The number of nitrogens with zero attached hydrogens (tertiary/aromatic N) is 3. The quantitative estimate of drug-likeness (QED) is 0.378. The zero-order valence-corrected chi connectivity index (χ0v) is 19.9. The third kappa shape index (κ3) is 5.13. The zero-order chi connectivity index (χ0) is 24.9. The largest absolute Gasteiger partial charge is 0.468 e. The van der Waals surface area contributed by atoms with Crippen molar-refractivity contribution in [2.24, 2.45) is 0 Å². The number of hydrogen-bond acceptors (Lipinski definition) is 5. The van der Waals surface area contributed by atoms with Crippen molar-refractivity contribution in [1.29, 1.82) is 0 Å². The lowest BCUT2D eigenvalue weighted by molar-refractivity contribution is -0.132. The third-order valence-electron chi connectivity index (χ3n) is 6.08. The van der Waals surface area contributed by atoms with Gasteiger partial charge < -0.3 is 19.7 Å². The van der Waals surface area contributed by atoms with E-state index in [2.05, 4.69) is 10.4 Å². The van der Waals surface area contributed by atoms with Crippen molar-refractivity contribution >= 4 is 17.5 Å². The standard InChI is InChI=1S/C28H26N4O4/c1-35-19-36-24-11-8-20(9-12-24)25-5-2-3-6-26(25)28(34)30-23-10-7-21-16-31(17-22(21)15-23)27(33)18-32-14-4-13-29-32/h2-15H,16-19H2,1H3,(H,30,34). The Labute approximate surface area is 209 Å². The SMILES string of the molecule is COCOc1ccc(-c2ccccc2C(=O)Nc2ccc3c(c2)CN(C(=O)Cn2cccn2)C3)cc1. The number of fused-ring (bicyclic) bond motifs is 1. The molecule has 2 heterocycles. The first-order valence-electron chi connectivity index (χ1n) is 11.6. The molecule has 8 nitrogen and oxygen atoms in total. The second-order valence-corrected chi connectivity index (χ2v) is 8.51. The van der Waals surface area contributed by atoms with Crippen LogP contribution in [0.2, 0.25) is 0 Å². The van der Waals surface area contributed by atoms with E-state index in [1.807, 2.05) is 66.7 Å². The van der Waals surface area contributed by atoms with Gasteiger partial charge in [0.2, 0.25) is 5.91 Å². The molecule has 0 saturated carbocycles. The summed E-state index contributed by atoms with van der Waals surface area (Å²) in [7, 11) is 1.57. The molecule has 0 unspecified atom stereocenters. The number of carbonyl (C=O) groups is 2. The van der Waals surface area contributed by atoms with Crippen LogP contribution in [0.5, 0.6) is 5.75 Å². The highest BCUT2D eigenvalue weighted by Gasteiger charge is 2.24. The third-order valence-corrected chi connectivity index (χ3v) is 6.08. The summed E-state index contributed by atoms with van der Waals surface area (Å²) in [6.45, 7) is 1.44. The van der Waals surface area contributed by atoms with E-state index in [1.54, 1.807) is 35.2 Å². The molecule has 1 aliphatic rings. The van der Waals surface area contributed by atoms with E-state index in [0.717, 1.165) is 22.3 Å². The summed E-state index contributed by atoms with van der Waals surface area (Å²) in [5.41, 5.74) is 5.10. The number of carbonyl (C=O) groups excluding carboxylic acids is 2. The highest BCUT2D eigenvalue weighted by molar-refractivity contribution is 6.08. The predicted octanol–water partition coefficient (Wildman–Crippen LogP) is 4.33. The molecule has 3 aromatic carbocycles. The van der Waals surface area contributed by atoms with Gasteiger partial charge in [0, 0.05) is 43.8 Å². The lowest BCUT2D eigenvalue weighted by atomic mass is 9.99. The molecule has 0 saturated heterocycles. The molecule has 0 atom stereocenters. The van der Waals surface area contributed by atoms with Crippen LogP contribution in [-0.4, -0.2) is 40.4 Å². The predicted molar refractivity (Wildman–Crippen MR) is 135 cm³/mol. The maximum Gasteiger partial charge on any atom is 0.256 e. The summed E-state index contributed by atoms with van der Waals surface area (Å²) in [4.78, 5) is 27.7. The maximum absolute atomic E-state index is 13.2. The topological polar surface area (TPSA) is 85.7 Å². The average molecular weight is 483 g/mol. The normalized spacial score (nSPS) is 12.3. The molecule has 0 fully saturated rings. The first-order chi connectivity index (χ1) is 17.6. The number of aromatic nitrogens is 2. The van der Waals surface area contributed by atoms with E-state index in [4.69, 9.17) is 9.47 Å². The van der Waals surface area contributed by atoms with Crippen molar-refractivity contribution in [3.8, 4) is 16.9 Å². The molecule has 8 heteroatoms. The molecule has 4 aromatic rings. The van der Waals surface area contributed by atoms with E-state index in [-0.39, 0.29) is 25.2 Å². The van der Waals surface area contributed by atoms with Crippen LogP contribution in [0.3, 0.4) is 0 Å². The van der Waals surface area contributed by atoms with Crippen LogP contribution in [0, 0.1) is 0 Å². The molecule has 0 spiro atoms. The zero-order valence-electron chi connectivity index (χ0n) is 19.9. The Hall–Kier alpha value is -4.43. The van der Waals surface area contributed by atoms with Crippen molar-refractivity contribution < 1.29 is 19.1 Å². The summed E-state index contributed by atoms with van der Waals surface area (Å²) in [6, 6.07) is 22.6. The molecular formula is C28H26N4O4. The Morgan fingerprint density at radius 3 is 2.56 bits per heavy atom. The summed E-state index contributed by atoms with van der Waals surface area (Å²) in [5, 5.41) is 7.13. The molecule has 1 N–H and O–H groups in total. The van der Waals surface area contributed by atoms with Crippen molar-refractivity contribution in [2.75, 3.05) is 19.2 Å². The summed E-state index contributed by atoms with van der Waals surface area (Å²) in [5.74, 6) is 0.501. The van der Waals surface area contributed by atoms with Crippen molar-refractivity contribution in [3.63, 3.8) is 0 Å². The number of ether oxygens (including phenoxy) is 2. The monoisotopic (exact) mass is 482 g/mol. The van der Waals surface area contributed by atoms with Gasteiger partial charge in [-0.1, -0.05) is 36.4 Å². The van der Waals surface area contributed by atoms with Gasteiger partial charge in [-0.3, -0.25) is 14.3 Å². The molecule has 36 heavy (non-hydrogen) atoms. The van der Waals surface area contributed by atoms with E-state index in [1.165, 1.54) is 0 Å². The van der Waals surface area contributed by atoms with Crippen LogP contribution in [0.25, 0.3) is 11.1 Å². The number of benzene rings is 3. The van der Waals surface area contributed by atoms with Gasteiger partial charge in [0.1, 0.15) is 12.3 Å². The van der Waals surface area contributed by atoms with Crippen molar-refractivity contribution in [1.82, 2.24) is 14.7 Å². The molecule has 0 radical (unpaired) electrons. The van der Waals surface area contributed by atoms with Crippen LogP contribution >= 0.6 is 0 Å². The van der Waals surface area contributed by atoms with Crippen LogP contribution in [0.15, 0.2) is 85.2 Å².